The van der Waals surface area contributed by atoms with Gasteiger partial charge in [-0.15, -0.1) is 0 Å². The van der Waals surface area contributed by atoms with Gasteiger partial charge in [-0.3, -0.25) is 9.89 Å². The highest BCUT2D eigenvalue weighted by Crippen LogP contribution is 2.22. The maximum Gasteiger partial charge on any atom is 0.237 e. The van der Waals surface area contributed by atoms with Crippen LogP contribution in [0.15, 0.2) is 28.6 Å². The molecule has 0 aliphatic carbocycles. The molecule has 0 aliphatic heterocycles. The molecule has 8 heteroatoms. The van der Waals surface area contributed by atoms with Crippen LogP contribution in [0, 0.1) is 9.77 Å². The predicted molar refractivity (Wildman–Crippen MR) is 77.8 cm³/mol. The summed E-state index contributed by atoms with van der Waals surface area (Å²) >= 11 is 7.53. The van der Waals surface area contributed by atoms with Crippen LogP contribution >= 0.6 is 35.3 Å². The monoisotopic (exact) mass is 315 g/mol. The summed E-state index contributed by atoms with van der Waals surface area (Å²) in [5.74, 6) is -0.268. The quantitative estimate of drug-likeness (QED) is 0.696. The summed E-state index contributed by atoms with van der Waals surface area (Å²) in [4.78, 5) is 13.4. The van der Waals surface area contributed by atoms with E-state index in [0.29, 0.717) is 14.0 Å². The standard InChI is InChI=1S/C11H10FN3OS3/c1-15(8-4-2-3-7(12)5-8)9(16)6-18-11-14-13-10(17)19-11/h2-5H,6H2,1H3,(H,13,17). The summed E-state index contributed by atoms with van der Waals surface area (Å²) in [5, 5.41) is 6.60. The van der Waals surface area contributed by atoms with E-state index in [-0.39, 0.29) is 17.5 Å². The molecule has 0 aliphatic rings. The summed E-state index contributed by atoms with van der Waals surface area (Å²) in [6.07, 6.45) is 0. The molecule has 0 spiro atoms. The fourth-order valence-corrected chi connectivity index (χ4v) is 3.32. The van der Waals surface area contributed by atoms with Crippen molar-refractivity contribution >= 4 is 46.9 Å². The number of aromatic nitrogens is 2. The number of hydrogen-bond acceptors (Lipinski definition) is 5. The van der Waals surface area contributed by atoms with Gasteiger partial charge in [0.2, 0.25) is 5.91 Å². The number of H-pyrrole nitrogens is 1. The zero-order valence-corrected chi connectivity index (χ0v) is 12.4. The maximum absolute atomic E-state index is 13.1. The van der Waals surface area contributed by atoms with Crippen LogP contribution in [0.1, 0.15) is 0 Å². The van der Waals surface area contributed by atoms with E-state index in [1.165, 1.54) is 40.1 Å². The molecular weight excluding hydrogens is 305 g/mol. The molecule has 1 aromatic heterocycles. The number of rotatable bonds is 4. The number of anilines is 1. The van der Waals surface area contributed by atoms with Crippen LogP contribution in [0.2, 0.25) is 0 Å². The fraction of sp³-hybridized carbons (Fsp3) is 0.182. The smallest absolute Gasteiger partial charge is 0.237 e. The molecule has 1 heterocycles. The minimum Gasteiger partial charge on any atom is -0.315 e. The fourth-order valence-electron chi connectivity index (χ4n) is 1.33. The molecule has 0 atom stereocenters. The second-order valence-electron chi connectivity index (χ2n) is 3.60. The molecule has 19 heavy (non-hydrogen) atoms. The highest BCUT2D eigenvalue weighted by Gasteiger charge is 2.12. The van der Waals surface area contributed by atoms with E-state index in [4.69, 9.17) is 12.2 Å². The third-order valence-corrected chi connectivity index (χ3v) is 4.52. The Morgan fingerprint density at radius 1 is 1.63 bits per heavy atom. The molecule has 100 valence electrons. The molecule has 2 rings (SSSR count). The molecule has 0 unspecified atom stereocenters. The van der Waals surface area contributed by atoms with Crippen LogP contribution in [0.4, 0.5) is 10.1 Å². The molecule has 1 aromatic carbocycles. The van der Waals surface area contributed by atoms with Crippen LogP contribution in [0.5, 0.6) is 0 Å². The molecule has 0 saturated heterocycles. The molecule has 0 saturated carbocycles. The number of carbonyl (C=O) groups is 1. The van der Waals surface area contributed by atoms with Crippen molar-refractivity contribution in [2.24, 2.45) is 0 Å². The van der Waals surface area contributed by atoms with Crippen molar-refractivity contribution in [2.75, 3.05) is 17.7 Å². The van der Waals surface area contributed by atoms with Gasteiger partial charge in [-0.25, -0.2) is 4.39 Å². The van der Waals surface area contributed by atoms with Gasteiger partial charge in [-0.2, -0.15) is 5.10 Å². The van der Waals surface area contributed by atoms with E-state index >= 15 is 0 Å². The van der Waals surface area contributed by atoms with Crippen LogP contribution in [0.25, 0.3) is 0 Å². The number of nitrogens with one attached hydrogen (secondary N) is 1. The maximum atomic E-state index is 13.1. The number of aromatic amines is 1. The van der Waals surface area contributed by atoms with Crippen molar-refractivity contribution in [1.29, 1.82) is 0 Å². The summed E-state index contributed by atoms with van der Waals surface area (Å²) in [7, 11) is 1.62. The van der Waals surface area contributed by atoms with Crippen molar-refractivity contribution in [3.63, 3.8) is 0 Å². The first kappa shape index (κ1) is 14.2. The van der Waals surface area contributed by atoms with E-state index in [2.05, 4.69) is 10.2 Å². The first-order valence-electron chi connectivity index (χ1n) is 5.26. The summed E-state index contributed by atoms with van der Waals surface area (Å²) in [6.45, 7) is 0. The van der Waals surface area contributed by atoms with E-state index in [0.717, 1.165) is 0 Å². The van der Waals surface area contributed by atoms with Gasteiger partial charge in [0.1, 0.15) is 5.82 Å². The van der Waals surface area contributed by atoms with E-state index in [9.17, 15) is 9.18 Å². The summed E-state index contributed by atoms with van der Waals surface area (Å²) < 4.78 is 14.4. The second kappa shape index (κ2) is 6.27. The average Bonchev–Trinajstić information content (AvgIpc) is 2.81. The predicted octanol–water partition coefficient (Wildman–Crippen LogP) is 3.09. The topological polar surface area (TPSA) is 49.0 Å². The second-order valence-corrected chi connectivity index (χ2v) is 6.49. The number of carbonyl (C=O) groups excluding carboxylic acids is 1. The molecule has 2 aromatic rings. The number of nitrogens with zero attached hydrogens (tertiary/aromatic N) is 2. The Hall–Kier alpha value is -1.25. The van der Waals surface area contributed by atoms with Crippen LogP contribution in [0.3, 0.4) is 0 Å². The van der Waals surface area contributed by atoms with E-state index < -0.39 is 0 Å². The Balaban J connectivity index is 1.98. The van der Waals surface area contributed by atoms with Crippen molar-refractivity contribution in [3.05, 3.63) is 34.0 Å². The highest BCUT2D eigenvalue weighted by molar-refractivity contribution is 8.01. The molecule has 0 fully saturated rings. The Morgan fingerprint density at radius 2 is 2.42 bits per heavy atom. The highest BCUT2D eigenvalue weighted by atomic mass is 32.2. The number of thioether (sulfide) groups is 1. The lowest BCUT2D eigenvalue weighted by Gasteiger charge is -2.16. The van der Waals surface area contributed by atoms with E-state index in [1.807, 2.05) is 0 Å². The average molecular weight is 315 g/mol. The third-order valence-electron chi connectivity index (χ3n) is 2.31. The number of hydrogen-bond donors (Lipinski definition) is 1. The van der Waals surface area contributed by atoms with Crippen molar-refractivity contribution in [2.45, 2.75) is 4.34 Å². The molecule has 1 N–H and O–H groups in total. The minimum absolute atomic E-state index is 0.128. The van der Waals surface area contributed by atoms with Crippen LogP contribution < -0.4 is 4.90 Å². The van der Waals surface area contributed by atoms with Gasteiger partial charge in [0, 0.05) is 12.7 Å². The Bertz CT molecular complexity index is 640. The summed E-state index contributed by atoms with van der Waals surface area (Å²) in [6, 6.07) is 5.92. The SMILES string of the molecule is CN(C(=O)CSc1n[nH]c(=S)s1)c1cccc(F)c1. The molecule has 0 bridgehead atoms. The zero-order chi connectivity index (χ0) is 13.8. The third kappa shape index (κ3) is 3.85. The van der Waals surface area contributed by atoms with Gasteiger partial charge in [0.05, 0.1) is 5.75 Å². The van der Waals surface area contributed by atoms with Crippen molar-refractivity contribution in [3.8, 4) is 0 Å². The molecular formula is C11H10FN3OS3. The van der Waals surface area contributed by atoms with Gasteiger partial charge >= 0.3 is 0 Å². The van der Waals surface area contributed by atoms with Crippen molar-refractivity contribution in [1.82, 2.24) is 10.2 Å². The van der Waals surface area contributed by atoms with Gasteiger partial charge in [-0.1, -0.05) is 29.2 Å². The normalized spacial score (nSPS) is 10.4. The van der Waals surface area contributed by atoms with Gasteiger partial charge in [-0.05, 0) is 30.4 Å². The first-order valence-corrected chi connectivity index (χ1v) is 7.48. The van der Waals surface area contributed by atoms with Gasteiger partial charge in [0.15, 0.2) is 8.29 Å². The largest absolute Gasteiger partial charge is 0.315 e. The molecule has 0 radical (unpaired) electrons. The van der Waals surface area contributed by atoms with Crippen LogP contribution in [-0.4, -0.2) is 28.9 Å². The Labute approximate surface area is 122 Å². The Morgan fingerprint density at radius 3 is 3.05 bits per heavy atom. The number of benzene rings is 1. The molecule has 4 nitrogen and oxygen atoms in total. The van der Waals surface area contributed by atoms with Gasteiger partial charge in [0.25, 0.3) is 0 Å². The first-order chi connectivity index (χ1) is 9.06. The van der Waals surface area contributed by atoms with Gasteiger partial charge < -0.3 is 4.90 Å². The minimum atomic E-state index is -0.366. The molecule has 1 amide bonds. The lowest BCUT2D eigenvalue weighted by atomic mass is 10.3. The van der Waals surface area contributed by atoms with Crippen molar-refractivity contribution < 1.29 is 9.18 Å². The summed E-state index contributed by atoms with van der Waals surface area (Å²) in [5.41, 5.74) is 0.528. The zero-order valence-electron chi connectivity index (χ0n) is 9.92. The van der Waals surface area contributed by atoms with Crippen LogP contribution in [-0.2, 0) is 4.79 Å². The number of amides is 1. The number of halogens is 1. The van der Waals surface area contributed by atoms with E-state index in [1.54, 1.807) is 19.2 Å². The lowest BCUT2D eigenvalue weighted by molar-refractivity contribution is -0.115. The Kier molecular flexibility index (Phi) is 4.67. The lowest BCUT2D eigenvalue weighted by Crippen LogP contribution is -2.27.